The zero-order valence-electron chi connectivity index (χ0n) is 17.1. The van der Waals surface area contributed by atoms with Gasteiger partial charge in [-0.05, 0) is 42.7 Å². The molecule has 0 spiro atoms. The minimum Gasteiger partial charge on any atom is -0.441 e. The number of carbonyl (C=O) groups is 2. The Morgan fingerprint density at radius 2 is 1.81 bits per heavy atom. The summed E-state index contributed by atoms with van der Waals surface area (Å²) in [4.78, 5) is 30.5. The van der Waals surface area contributed by atoms with Gasteiger partial charge in [0.1, 0.15) is 5.82 Å². The molecule has 0 saturated carbocycles. The molecule has 0 radical (unpaired) electrons. The molecule has 31 heavy (non-hydrogen) atoms. The van der Waals surface area contributed by atoms with E-state index in [-0.39, 0.29) is 24.1 Å². The molecule has 6 nitrogen and oxygen atoms in total. The maximum absolute atomic E-state index is 13.8. The van der Waals surface area contributed by atoms with E-state index in [0.717, 1.165) is 31.5 Å². The molecule has 1 aromatic heterocycles. The Balaban J connectivity index is 1.24. The summed E-state index contributed by atoms with van der Waals surface area (Å²) < 4.78 is 19.4. The van der Waals surface area contributed by atoms with Gasteiger partial charge in [-0.25, -0.2) is 9.37 Å². The monoisotopic (exact) mass is 421 g/mol. The summed E-state index contributed by atoms with van der Waals surface area (Å²) in [6.07, 6.45) is 4.13. The molecular weight excluding hydrogens is 397 g/mol. The lowest BCUT2D eigenvalue weighted by Gasteiger charge is -2.15. The predicted octanol–water partition coefficient (Wildman–Crippen LogP) is 3.97. The average Bonchev–Trinajstić information content (AvgIpc) is 3.49. The van der Waals surface area contributed by atoms with Gasteiger partial charge in [-0.3, -0.25) is 9.59 Å². The van der Waals surface area contributed by atoms with Crippen molar-refractivity contribution in [1.82, 2.24) is 15.2 Å². The third-order valence-electron chi connectivity index (χ3n) is 5.34. The molecule has 2 aromatic carbocycles. The fourth-order valence-corrected chi connectivity index (χ4v) is 3.59. The van der Waals surface area contributed by atoms with Crippen molar-refractivity contribution < 1.29 is 18.4 Å². The second kappa shape index (κ2) is 9.55. The van der Waals surface area contributed by atoms with Crippen LogP contribution in [0.1, 0.15) is 41.1 Å². The number of likely N-dealkylation sites (tertiary alicyclic amines) is 1. The van der Waals surface area contributed by atoms with Gasteiger partial charge in [-0.1, -0.05) is 24.3 Å². The van der Waals surface area contributed by atoms with Gasteiger partial charge in [0, 0.05) is 38.0 Å². The topological polar surface area (TPSA) is 75.4 Å². The number of aryl methyl sites for hydroxylation is 1. The number of amides is 2. The summed E-state index contributed by atoms with van der Waals surface area (Å²) in [6, 6.07) is 13.6. The van der Waals surface area contributed by atoms with E-state index >= 15 is 0 Å². The smallest absolute Gasteiger partial charge is 0.253 e. The molecule has 0 bridgehead atoms. The van der Waals surface area contributed by atoms with Crippen LogP contribution in [0.15, 0.2) is 59.1 Å². The second-order valence-electron chi connectivity index (χ2n) is 7.57. The molecule has 0 aliphatic carbocycles. The number of nitrogens with zero attached hydrogens (tertiary/aromatic N) is 2. The van der Waals surface area contributed by atoms with Gasteiger partial charge < -0.3 is 14.6 Å². The van der Waals surface area contributed by atoms with E-state index in [0.29, 0.717) is 35.7 Å². The first-order valence-corrected chi connectivity index (χ1v) is 10.4. The van der Waals surface area contributed by atoms with Gasteiger partial charge in [0.25, 0.3) is 5.91 Å². The third kappa shape index (κ3) is 5.17. The molecule has 1 N–H and O–H groups in total. The Kier molecular flexibility index (Phi) is 6.40. The van der Waals surface area contributed by atoms with E-state index in [1.54, 1.807) is 30.3 Å². The third-order valence-corrected chi connectivity index (χ3v) is 5.34. The fraction of sp³-hybridized carbons (Fsp3) is 0.292. The maximum Gasteiger partial charge on any atom is 0.253 e. The number of hydrogen-bond donors (Lipinski definition) is 1. The molecule has 2 heterocycles. The zero-order valence-corrected chi connectivity index (χ0v) is 17.1. The summed E-state index contributed by atoms with van der Waals surface area (Å²) in [5, 5.41) is 2.86. The van der Waals surface area contributed by atoms with Crippen molar-refractivity contribution in [3.63, 3.8) is 0 Å². The summed E-state index contributed by atoms with van der Waals surface area (Å²) in [5.41, 5.74) is 1.94. The van der Waals surface area contributed by atoms with E-state index in [1.165, 1.54) is 12.3 Å². The molecule has 0 unspecified atom stereocenters. The Hall–Kier alpha value is -3.48. The van der Waals surface area contributed by atoms with Crippen molar-refractivity contribution in [2.45, 2.75) is 32.2 Å². The number of aromatic nitrogens is 1. The van der Waals surface area contributed by atoms with Gasteiger partial charge in [-0.15, -0.1) is 0 Å². The molecule has 2 amide bonds. The van der Waals surface area contributed by atoms with Crippen molar-refractivity contribution in [2.75, 3.05) is 13.1 Å². The van der Waals surface area contributed by atoms with Gasteiger partial charge in [0.05, 0.1) is 11.8 Å². The van der Waals surface area contributed by atoms with E-state index < -0.39 is 0 Å². The van der Waals surface area contributed by atoms with Crippen molar-refractivity contribution in [3.05, 3.63) is 77.6 Å². The Morgan fingerprint density at radius 1 is 1.06 bits per heavy atom. The van der Waals surface area contributed by atoms with Crippen molar-refractivity contribution >= 4 is 11.8 Å². The standard InChI is InChI=1S/C24H24FN3O3/c25-20-6-2-1-5-19(20)21-16-27-23(31-21)12-11-22(29)26-15-17-7-9-18(10-8-17)24(30)28-13-3-4-14-28/h1-2,5-10,16H,3-4,11-15H2,(H,26,29). The average molecular weight is 421 g/mol. The minimum atomic E-state index is -0.379. The quantitative estimate of drug-likeness (QED) is 0.627. The number of halogens is 1. The maximum atomic E-state index is 13.8. The molecular formula is C24H24FN3O3. The summed E-state index contributed by atoms with van der Waals surface area (Å²) >= 11 is 0. The Labute approximate surface area is 180 Å². The van der Waals surface area contributed by atoms with Crippen LogP contribution in [0.3, 0.4) is 0 Å². The number of rotatable bonds is 7. The SMILES string of the molecule is O=C(CCc1ncc(-c2ccccc2F)o1)NCc1ccc(C(=O)N2CCCC2)cc1. The first kappa shape index (κ1) is 20.8. The number of carbonyl (C=O) groups excluding carboxylic acids is 2. The normalized spacial score (nSPS) is 13.4. The molecule has 1 saturated heterocycles. The highest BCUT2D eigenvalue weighted by Gasteiger charge is 2.19. The van der Waals surface area contributed by atoms with E-state index in [1.807, 2.05) is 17.0 Å². The second-order valence-corrected chi connectivity index (χ2v) is 7.57. The van der Waals surface area contributed by atoms with Gasteiger partial charge in [0.2, 0.25) is 5.91 Å². The van der Waals surface area contributed by atoms with Crippen LogP contribution in [-0.2, 0) is 17.8 Å². The first-order valence-electron chi connectivity index (χ1n) is 10.4. The molecule has 1 aliphatic rings. The van der Waals surface area contributed by atoms with E-state index in [2.05, 4.69) is 10.3 Å². The first-order chi connectivity index (χ1) is 15.1. The lowest BCUT2D eigenvalue weighted by Crippen LogP contribution is -2.27. The van der Waals surface area contributed by atoms with E-state index in [9.17, 15) is 14.0 Å². The van der Waals surface area contributed by atoms with Crippen molar-refractivity contribution in [2.24, 2.45) is 0 Å². The molecule has 4 rings (SSSR count). The Morgan fingerprint density at radius 3 is 2.55 bits per heavy atom. The molecule has 1 fully saturated rings. The van der Waals surface area contributed by atoms with Crippen LogP contribution in [0.2, 0.25) is 0 Å². The van der Waals surface area contributed by atoms with Crippen LogP contribution < -0.4 is 5.32 Å². The van der Waals surface area contributed by atoms with Crippen molar-refractivity contribution in [3.8, 4) is 11.3 Å². The van der Waals surface area contributed by atoms with Crippen LogP contribution in [0, 0.1) is 5.82 Å². The van der Waals surface area contributed by atoms with Crippen LogP contribution in [-0.4, -0.2) is 34.8 Å². The predicted molar refractivity (Wildman–Crippen MR) is 114 cm³/mol. The molecule has 7 heteroatoms. The lowest BCUT2D eigenvalue weighted by atomic mass is 10.1. The van der Waals surface area contributed by atoms with Crippen LogP contribution in [0.5, 0.6) is 0 Å². The van der Waals surface area contributed by atoms with Crippen LogP contribution in [0.25, 0.3) is 11.3 Å². The number of nitrogens with one attached hydrogen (secondary N) is 1. The molecule has 160 valence electrons. The van der Waals surface area contributed by atoms with Crippen LogP contribution in [0.4, 0.5) is 4.39 Å². The number of benzene rings is 2. The zero-order chi connectivity index (χ0) is 21.6. The highest BCUT2D eigenvalue weighted by Crippen LogP contribution is 2.23. The minimum absolute atomic E-state index is 0.0637. The molecule has 1 aliphatic heterocycles. The largest absolute Gasteiger partial charge is 0.441 e. The number of oxazole rings is 1. The summed E-state index contributed by atoms with van der Waals surface area (Å²) in [6.45, 7) is 2.02. The van der Waals surface area contributed by atoms with Gasteiger partial charge in [-0.2, -0.15) is 0 Å². The van der Waals surface area contributed by atoms with Gasteiger partial charge >= 0.3 is 0 Å². The molecule has 0 atom stereocenters. The number of hydrogen-bond acceptors (Lipinski definition) is 4. The summed E-state index contributed by atoms with van der Waals surface area (Å²) in [7, 11) is 0. The van der Waals surface area contributed by atoms with Gasteiger partial charge in [0.15, 0.2) is 11.7 Å². The highest BCUT2D eigenvalue weighted by atomic mass is 19.1. The lowest BCUT2D eigenvalue weighted by molar-refractivity contribution is -0.121. The van der Waals surface area contributed by atoms with E-state index in [4.69, 9.17) is 4.42 Å². The molecule has 3 aromatic rings. The fourth-order valence-electron chi connectivity index (χ4n) is 3.59. The van der Waals surface area contributed by atoms with Crippen molar-refractivity contribution in [1.29, 1.82) is 0 Å². The van der Waals surface area contributed by atoms with Crippen LogP contribution >= 0.6 is 0 Å². The summed E-state index contributed by atoms with van der Waals surface area (Å²) in [5.74, 6) is 0.281. The Bertz CT molecular complexity index is 1060. The highest BCUT2D eigenvalue weighted by molar-refractivity contribution is 5.94.